The van der Waals surface area contributed by atoms with Gasteiger partial charge in [0.15, 0.2) is 5.15 Å². The Hall–Kier alpha value is -2.48. The van der Waals surface area contributed by atoms with E-state index in [1.165, 1.54) is 9.58 Å². The molecule has 2 aromatic rings. The van der Waals surface area contributed by atoms with Crippen LogP contribution in [0.1, 0.15) is 19.8 Å². The van der Waals surface area contributed by atoms with Gasteiger partial charge in [-0.05, 0) is 19.1 Å². The molecular formula is C16H19ClFN5O2. The van der Waals surface area contributed by atoms with E-state index in [-0.39, 0.29) is 36.4 Å². The highest BCUT2D eigenvalue weighted by atomic mass is 35.5. The fraction of sp³-hybridized carbons (Fsp3) is 0.375. The second-order valence-corrected chi connectivity index (χ2v) is 5.50. The Bertz CT molecular complexity index is 723. The fourth-order valence-electron chi connectivity index (χ4n) is 2.26. The minimum absolute atomic E-state index is 0.000358. The summed E-state index contributed by atoms with van der Waals surface area (Å²) in [4.78, 5) is 29.4. The van der Waals surface area contributed by atoms with Gasteiger partial charge in [0, 0.05) is 32.1 Å². The normalized spacial score (nSPS) is 10.5. The summed E-state index contributed by atoms with van der Waals surface area (Å²) in [5.74, 6) is -0.621. The number of anilines is 1. The molecule has 0 saturated heterocycles. The van der Waals surface area contributed by atoms with Crippen LogP contribution < -0.4 is 10.2 Å². The van der Waals surface area contributed by atoms with Crippen molar-refractivity contribution in [3.63, 3.8) is 0 Å². The summed E-state index contributed by atoms with van der Waals surface area (Å²) in [5.41, 5.74) is 1.17. The molecule has 0 aliphatic carbocycles. The number of nitrogens with zero attached hydrogens (tertiary/aromatic N) is 4. The lowest BCUT2D eigenvalue weighted by Gasteiger charge is -2.19. The van der Waals surface area contributed by atoms with Crippen molar-refractivity contribution < 1.29 is 14.0 Å². The van der Waals surface area contributed by atoms with Gasteiger partial charge in [-0.3, -0.25) is 14.6 Å². The highest BCUT2D eigenvalue weighted by molar-refractivity contribution is 6.32. The highest BCUT2D eigenvalue weighted by Crippen LogP contribution is 2.26. The molecule has 0 saturated carbocycles. The number of aromatic nitrogens is 3. The van der Waals surface area contributed by atoms with Crippen molar-refractivity contribution in [3.8, 4) is 5.69 Å². The predicted octanol–water partition coefficient (Wildman–Crippen LogP) is 2.14. The molecule has 1 N–H and O–H groups in total. The van der Waals surface area contributed by atoms with E-state index in [0.29, 0.717) is 17.9 Å². The number of alkyl halides is 1. The van der Waals surface area contributed by atoms with Crippen LogP contribution in [-0.2, 0) is 9.59 Å². The smallest absolute Gasteiger partial charge is 0.227 e. The van der Waals surface area contributed by atoms with Crippen LogP contribution in [0.5, 0.6) is 0 Å². The molecule has 0 aromatic carbocycles. The molecule has 2 amide bonds. The molecule has 0 aliphatic rings. The molecule has 134 valence electrons. The molecule has 0 spiro atoms. The summed E-state index contributed by atoms with van der Waals surface area (Å²) in [5, 5.41) is 6.76. The Kier molecular flexibility index (Phi) is 6.88. The second-order valence-electron chi connectivity index (χ2n) is 5.14. The SMILES string of the molecule is CCN(C(=O)CCC(=O)NCCF)c1cn(-c2cccnc2)nc1Cl. The van der Waals surface area contributed by atoms with Crippen LogP contribution in [0.25, 0.3) is 5.69 Å². The van der Waals surface area contributed by atoms with E-state index in [4.69, 9.17) is 11.6 Å². The lowest BCUT2D eigenvalue weighted by molar-refractivity contribution is -0.125. The zero-order valence-corrected chi connectivity index (χ0v) is 14.5. The number of carbonyl (C=O) groups is 2. The van der Waals surface area contributed by atoms with Crippen molar-refractivity contribution in [2.45, 2.75) is 19.8 Å². The minimum Gasteiger partial charge on any atom is -0.353 e. The van der Waals surface area contributed by atoms with Crippen LogP contribution >= 0.6 is 11.6 Å². The number of halogens is 2. The van der Waals surface area contributed by atoms with Crippen LogP contribution in [0.3, 0.4) is 0 Å². The summed E-state index contributed by atoms with van der Waals surface area (Å²) >= 11 is 6.18. The molecule has 2 aromatic heterocycles. The van der Waals surface area contributed by atoms with Crippen LogP contribution in [0.15, 0.2) is 30.7 Å². The molecule has 0 aliphatic heterocycles. The van der Waals surface area contributed by atoms with Crippen molar-refractivity contribution in [1.82, 2.24) is 20.1 Å². The first-order chi connectivity index (χ1) is 12.1. The van der Waals surface area contributed by atoms with Gasteiger partial charge in [-0.1, -0.05) is 11.6 Å². The zero-order chi connectivity index (χ0) is 18.2. The van der Waals surface area contributed by atoms with E-state index in [0.717, 1.165) is 0 Å². The summed E-state index contributed by atoms with van der Waals surface area (Å²) < 4.78 is 13.6. The van der Waals surface area contributed by atoms with Gasteiger partial charge < -0.3 is 10.2 Å². The molecule has 25 heavy (non-hydrogen) atoms. The Balaban J connectivity index is 2.08. The first-order valence-corrected chi connectivity index (χ1v) is 8.23. The van der Waals surface area contributed by atoms with Gasteiger partial charge in [0.1, 0.15) is 12.4 Å². The third-order valence-electron chi connectivity index (χ3n) is 3.45. The third kappa shape index (κ3) is 4.99. The van der Waals surface area contributed by atoms with Gasteiger partial charge in [-0.15, -0.1) is 0 Å². The maximum atomic E-state index is 12.4. The summed E-state index contributed by atoms with van der Waals surface area (Å²) in [7, 11) is 0. The number of pyridine rings is 1. The first kappa shape index (κ1) is 18.9. The van der Waals surface area contributed by atoms with Crippen molar-refractivity contribution >= 4 is 29.1 Å². The molecule has 9 heteroatoms. The number of amides is 2. The van der Waals surface area contributed by atoms with E-state index in [9.17, 15) is 14.0 Å². The molecular weight excluding hydrogens is 349 g/mol. The van der Waals surface area contributed by atoms with Gasteiger partial charge in [-0.25, -0.2) is 9.07 Å². The molecule has 2 rings (SSSR count). The highest BCUT2D eigenvalue weighted by Gasteiger charge is 2.20. The van der Waals surface area contributed by atoms with E-state index in [1.807, 2.05) is 6.07 Å². The van der Waals surface area contributed by atoms with Crippen molar-refractivity contribution in [1.29, 1.82) is 0 Å². The van der Waals surface area contributed by atoms with Crippen LogP contribution in [0.4, 0.5) is 10.1 Å². The summed E-state index contributed by atoms with van der Waals surface area (Å²) in [6.45, 7) is 1.50. The number of nitrogens with one attached hydrogen (secondary N) is 1. The molecule has 2 heterocycles. The number of hydrogen-bond donors (Lipinski definition) is 1. The average molecular weight is 368 g/mol. The van der Waals surface area contributed by atoms with Crippen molar-refractivity contribution in [3.05, 3.63) is 35.9 Å². The monoisotopic (exact) mass is 367 g/mol. The van der Waals surface area contributed by atoms with Crippen LogP contribution in [0, 0.1) is 0 Å². The molecule has 0 atom stereocenters. The summed E-state index contributed by atoms with van der Waals surface area (Å²) in [6.07, 6.45) is 4.90. The maximum absolute atomic E-state index is 12.4. The standard InChI is InChI=1S/C16H19ClFN5O2/c1-2-22(15(25)6-5-14(24)20-9-7-18)13-11-23(21-16(13)17)12-4-3-8-19-10-12/h3-4,8,10-11H,2,5-7,9H2,1H3,(H,20,24). The Morgan fingerprint density at radius 2 is 2.20 bits per heavy atom. The van der Waals surface area contributed by atoms with Crippen molar-refractivity contribution in [2.75, 3.05) is 24.7 Å². The largest absolute Gasteiger partial charge is 0.353 e. The number of hydrogen-bond acceptors (Lipinski definition) is 4. The maximum Gasteiger partial charge on any atom is 0.227 e. The first-order valence-electron chi connectivity index (χ1n) is 7.85. The van der Waals surface area contributed by atoms with Gasteiger partial charge in [0.25, 0.3) is 0 Å². The van der Waals surface area contributed by atoms with E-state index >= 15 is 0 Å². The topological polar surface area (TPSA) is 80.1 Å². The van der Waals surface area contributed by atoms with E-state index in [2.05, 4.69) is 15.4 Å². The lowest BCUT2D eigenvalue weighted by Crippen LogP contribution is -2.32. The number of rotatable bonds is 8. The molecule has 0 radical (unpaired) electrons. The lowest BCUT2D eigenvalue weighted by atomic mass is 10.2. The second kappa shape index (κ2) is 9.12. The number of carbonyl (C=O) groups excluding carboxylic acids is 2. The van der Waals surface area contributed by atoms with Gasteiger partial charge in [0.2, 0.25) is 11.8 Å². The van der Waals surface area contributed by atoms with E-state index < -0.39 is 6.67 Å². The molecule has 0 bridgehead atoms. The van der Waals surface area contributed by atoms with Gasteiger partial charge in [-0.2, -0.15) is 5.10 Å². The minimum atomic E-state index is -0.635. The van der Waals surface area contributed by atoms with Crippen molar-refractivity contribution in [2.24, 2.45) is 0 Å². The van der Waals surface area contributed by atoms with Gasteiger partial charge >= 0.3 is 0 Å². The Labute approximate surface area is 149 Å². The third-order valence-corrected chi connectivity index (χ3v) is 3.72. The average Bonchev–Trinajstić information content (AvgIpc) is 3.01. The van der Waals surface area contributed by atoms with Gasteiger partial charge in [0.05, 0.1) is 18.1 Å². The molecule has 0 fully saturated rings. The quantitative estimate of drug-likeness (QED) is 0.775. The van der Waals surface area contributed by atoms with E-state index in [1.54, 1.807) is 31.6 Å². The summed E-state index contributed by atoms with van der Waals surface area (Å²) in [6, 6.07) is 3.58. The fourth-order valence-corrected chi connectivity index (χ4v) is 2.49. The molecule has 0 unspecified atom stereocenters. The molecule has 7 nitrogen and oxygen atoms in total. The van der Waals surface area contributed by atoms with Crippen LogP contribution in [0.2, 0.25) is 5.15 Å². The Morgan fingerprint density at radius 1 is 1.40 bits per heavy atom. The zero-order valence-electron chi connectivity index (χ0n) is 13.8. The predicted molar refractivity (Wildman–Crippen MR) is 92.6 cm³/mol. The Morgan fingerprint density at radius 3 is 2.84 bits per heavy atom. The van der Waals surface area contributed by atoms with Crippen LogP contribution in [-0.4, -0.2) is 46.3 Å².